The zero-order valence-electron chi connectivity index (χ0n) is 26.2. The molecule has 1 aromatic carbocycles. The Labute approximate surface area is 256 Å². The number of hydrogen-bond acceptors (Lipinski definition) is 11. The van der Waals surface area contributed by atoms with Gasteiger partial charge < -0.3 is 29.2 Å². The molecule has 3 fully saturated rings. The molecule has 0 saturated heterocycles. The monoisotopic (exact) mass is 614 g/mol. The highest BCUT2D eigenvalue weighted by atomic mass is 16.6. The molecule has 44 heavy (non-hydrogen) atoms. The Morgan fingerprint density at radius 3 is 1.98 bits per heavy atom. The van der Waals surface area contributed by atoms with Gasteiger partial charge in [-0.05, 0) is 37.8 Å². The zero-order valence-corrected chi connectivity index (χ0v) is 26.2. The molecular weight excluding hydrogens is 572 g/mol. The third-order valence-corrected chi connectivity index (χ3v) is 10.2. The van der Waals surface area contributed by atoms with Crippen LogP contribution in [-0.4, -0.2) is 76.0 Å². The smallest absolute Gasteiger partial charge is 0.338 e. The number of carbonyl (C=O) groups excluding carboxylic acids is 5. The molecule has 11 heteroatoms. The predicted molar refractivity (Wildman–Crippen MR) is 155 cm³/mol. The highest BCUT2D eigenvalue weighted by Gasteiger charge is 2.78. The topological polar surface area (TPSA) is 163 Å². The standard InChI is InChI=1S/C33H42O11/c1-9-31(7)16-21(37)25-32(8)22(15-23(41-17(2)34)33(25,40)29(31)39)30(5,6)26(43-19(4)36)24(42-18(3)35)27(32)44-28(38)20-13-11-10-12-14-20/h9-14,21-27,37,40H,1,15-16H2,2-8H3/t21-,22+,23-,24-,25-,26-,27+,31+,32+,33+/m1/s1. The molecule has 3 saturated carbocycles. The molecule has 11 nitrogen and oxygen atoms in total. The molecule has 1 aromatic rings. The van der Waals surface area contributed by atoms with Crippen molar-refractivity contribution in [3.63, 3.8) is 0 Å². The predicted octanol–water partition coefficient (Wildman–Crippen LogP) is 2.95. The second-order valence-electron chi connectivity index (χ2n) is 13.4. The number of carbonyl (C=O) groups is 5. The van der Waals surface area contributed by atoms with E-state index >= 15 is 0 Å². The number of benzene rings is 1. The molecule has 0 unspecified atom stereocenters. The summed E-state index contributed by atoms with van der Waals surface area (Å²) in [5, 5.41) is 24.5. The number of ketones is 1. The Bertz CT molecular complexity index is 1350. The van der Waals surface area contributed by atoms with E-state index in [1.54, 1.807) is 39.0 Å². The van der Waals surface area contributed by atoms with Crippen molar-refractivity contribution >= 4 is 29.7 Å². The van der Waals surface area contributed by atoms with Crippen LogP contribution in [-0.2, 0) is 38.1 Å². The number of fused-ring (bicyclic) bond motifs is 3. The number of aliphatic hydroxyl groups is 2. The van der Waals surface area contributed by atoms with Crippen molar-refractivity contribution in [2.75, 3.05) is 0 Å². The molecule has 10 atom stereocenters. The van der Waals surface area contributed by atoms with Crippen molar-refractivity contribution in [3.8, 4) is 0 Å². The fourth-order valence-electron chi connectivity index (χ4n) is 8.43. The first kappa shape index (κ1) is 33.3. The van der Waals surface area contributed by atoms with Crippen LogP contribution in [0.25, 0.3) is 0 Å². The fourth-order valence-corrected chi connectivity index (χ4v) is 8.43. The van der Waals surface area contributed by atoms with E-state index in [2.05, 4.69) is 6.58 Å². The van der Waals surface area contributed by atoms with Gasteiger partial charge in [-0.1, -0.05) is 45.0 Å². The highest BCUT2D eigenvalue weighted by Crippen LogP contribution is 2.67. The third kappa shape index (κ3) is 5.13. The lowest BCUT2D eigenvalue weighted by Crippen LogP contribution is -2.80. The maximum atomic E-state index is 14.3. The van der Waals surface area contributed by atoms with E-state index in [9.17, 15) is 34.2 Å². The highest BCUT2D eigenvalue weighted by molar-refractivity contribution is 5.96. The number of aliphatic hydroxyl groups excluding tert-OH is 1. The summed E-state index contributed by atoms with van der Waals surface area (Å²) >= 11 is 0. The van der Waals surface area contributed by atoms with Gasteiger partial charge in [0, 0.05) is 42.9 Å². The first-order valence-electron chi connectivity index (χ1n) is 14.7. The molecule has 4 rings (SSSR count). The van der Waals surface area contributed by atoms with Crippen molar-refractivity contribution in [2.24, 2.45) is 28.1 Å². The largest absolute Gasteiger partial charge is 0.459 e. The third-order valence-electron chi connectivity index (χ3n) is 10.2. The molecule has 3 aliphatic carbocycles. The van der Waals surface area contributed by atoms with Gasteiger partial charge in [0.15, 0.2) is 17.5 Å². The van der Waals surface area contributed by atoms with Crippen molar-refractivity contribution < 1.29 is 53.1 Å². The molecule has 0 spiro atoms. The van der Waals surface area contributed by atoms with Crippen LogP contribution in [0.1, 0.15) is 71.7 Å². The Balaban J connectivity index is 2.03. The summed E-state index contributed by atoms with van der Waals surface area (Å²) in [6.07, 6.45) is -5.75. The van der Waals surface area contributed by atoms with Crippen LogP contribution in [0.4, 0.5) is 0 Å². The minimum Gasteiger partial charge on any atom is -0.459 e. The van der Waals surface area contributed by atoms with Gasteiger partial charge in [0.2, 0.25) is 0 Å². The molecule has 0 heterocycles. The van der Waals surface area contributed by atoms with Crippen LogP contribution in [0.3, 0.4) is 0 Å². The van der Waals surface area contributed by atoms with Crippen LogP contribution >= 0.6 is 0 Å². The minimum atomic E-state index is -2.46. The summed E-state index contributed by atoms with van der Waals surface area (Å²) in [5.41, 5.74) is -6.28. The van der Waals surface area contributed by atoms with Crippen LogP contribution in [0, 0.1) is 28.1 Å². The summed E-state index contributed by atoms with van der Waals surface area (Å²) in [6.45, 7) is 14.0. The summed E-state index contributed by atoms with van der Waals surface area (Å²) in [4.78, 5) is 65.3. The lowest BCUT2D eigenvalue weighted by atomic mass is 9.38. The molecule has 0 aromatic heterocycles. The van der Waals surface area contributed by atoms with Gasteiger partial charge >= 0.3 is 23.9 Å². The molecule has 0 bridgehead atoms. The number of ether oxygens (including phenoxy) is 4. The molecule has 240 valence electrons. The molecule has 2 N–H and O–H groups in total. The summed E-state index contributed by atoms with van der Waals surface area (Å²) in [7, 11) is 0. The van der Waals surface area contributed by atoms with Gasteiger partial charge in [-0.25, -0.2) is 4.79 Å². The van der Waals surface area contributed by atoms with Crippen molar-refractivity contribution in [1.29, 1.82) is 0 Å². The van der Waals surface area contributed by atoms with Gasteiger partial charge in [-0.15, -0.1) is 6.58 Å². The Morgan fingerprint density at radius 2 is 1.45 bits per heavy atom. The second kappa shape index (κ2) is 11.4. The quantitative estimate of drug-likeness (QED) is 0.275. The molecule has 0 radical (unpaired) electrons. The summed E-state index contributed by atoms with van der Waals surface area (Å²) in [6, 6.07) is 8.05. The molecule has 0 aliphatic heterocycles. The van der Waals surface area contributed by atoms with E-state index < -0.39 is 93.9 Å². The summed E-state index contributed by atoms with van der Waals surface area (Å²) < 4.78 is 23.4. The maximum Gasteiger partial charge on any atom is 0.338 e. The van der Waals surface area contributed by atoms with Crippen molar-refractivity contribution in [1.82, 2.24) is 0 Å². The van der Waals surface area contributed by atoms with Crippen molar-refractivity contribution in [2.45, 2.75) is 97.4 Å². The van der Waals surface area contributed by atoms with E-state index in [-0.39, 0.29) is 18.4 Å². The van der Waals surface area contributed by atoms with Crippen LogP contribution in [0.15, 0.2) is 43.0 Å². The molecular formula is C33H42O11. The Kier molecular flexibility index (Phi) is 8.64. The zero-order chi connectivity index (χ0) is 33.0. The molecule has 3 aliphatic rings. The normalized spacial score (nSPS) is 39.1. The van der Waals surface area contributed by atoms with Crippen LogP contribution < -0.4 is 0 Å². The van der Waals surface area contributed by atoms with E-state index in [1.807, 2.05) is 0 Å². The average molecular weight is 615 g/mol. The van der Waals surface area contributed by atoms with Crippen LogP contribution in [0.2, 0.25) is 0 Å². The van der Waals surface area contributed by atoms with E-state index in [0.717, 1.165) is 13.8 Å². The summed E-state index contributed by atoms with van der Waals surface area (Å²) in [5.74, 6) is -5.82. The van der Waals surface area contributed by atoms with Gasteiger partial charge in [0.25, 0.3) is 0 Å². The minimum absolute atomic E-state index is 0.133. The average Bonchev–Trinajstić information content (AvgIpc) is 2.93. The number of esters is 4. The maximum absolute atomic E-state index is 14.3. The lowest BCUT2D eigenvalue weighted by Gasteiger charge is -2.69. The number of hydrogen-bond donors (Lipinski definition) is 2. The lowest BCUT2D eigenvalue weighted by molar-refractivity contribution is -0.315. The van der Waals surface area contributed by atoms with Crippen LogP contribution in [0.5, 0.6) is 0 Å². The first-order valence-corrected chi connectivity index (χ1v) is 14.7. The van der Waals surface area contributed by atoms with Gasteiger partial charge in [0.1, 0.15) is 18.3 Å². The SMILES string of the molecule is C=C[C@@]1(C)C[C@@H](O)[C@H]2[C@](O)(C1=O)[C@H](OC(C)=O)C[C@H]1C(C)(C)[C@H](OC(C)=O)[C@@H](OC(C)=O)[C@H](OC(=O)c3ccccc3)[C@@]12C. The Morgan fingerprint density at radius 1 is 0.886 bits per heavy atom. The number of allylic oxidation sites excluding steroid dienone is 1. The number of Topliss-reactive ketones (excluding diaryl/α,β-unsaturated/α-hetero) is 1. The number of rotatable bonds is 6. The molecule has 0 amide bonds. The van der Waals surface area contributed by atoms with E-state index in [0.29, 0.717) is 0 Å². The Hall–Kier alpha value is -3.57. The van der Waals surface area contributed by atoms with Gasteiger partial charge in [-0.3, -0.25) is 19.2 Å². The fraction of sp³-hybridized carbons (Fsp3) is 0.606. The van der Waals surface area contributed by atoms with Gasteiger partial charge in [-0.2, -0.15) is 0 Å². The second-order valence-corrected chi connectivity index (χ2v) is 13.4. The first-order chi connectivity index (χ1) is 20.3. The van der Waals surface area contributed by atoms with Crippen molar-refractivity contribution in [3.05, 3.63) is 48.6 Å². The van der Waals surface area contributed by atoms with E-state index in [1.165, 1.54) is 32.1 Å². The van der Waals surface area contributed by atoms with E-state index in [4.69, 9.17) is 18.9 Å². The van der Waals surface area contributed by atoms with Gasteiger partial charge in [0.05, 0.1) is 11.7 Å².